The third-order valence-electron chi connectivity index (χ3n) is 14.7. The minimum absolute atomic E-state index is 0.0137. The third kappa shape index (κ3) is 24.4. The number of likely N-dealkylation sites (N-methyl/N-ethyl adjacent to an activating group) is 2. The van der Waals surface area contributed by atoms with Crippen molar-refractivity contribution in [2.24, 2.45) is 11.5 Å². The number of benzene rings is 3. The number of aryl methyl sites for hydroxylation is 2. The van der Waals surface area contributed by atoms with Crippen LogP contribution in [0.15, 0.2) is 52.7 Å². The summed E-state index contributed by atoms with van der Waals surface area (Å²) in [6.07, 6.45) is 3.07. The van der Waals surface area contributed by atoms with Gasteiger partial charge in [-0.25, -0.2) is 23.5 Å². The average molecular weight is 1460 g/mol. The zero-order valence-electron chi connectivity index (χ0n) is 57.1. The largest absolute Gasteiger partial charge is 0.494 e. The number of piperazine rings is 1. The number of rotatable bonds is 46. The van der Waals surface area contributed by atoms with Crippen LogP contribution in [-0.4, -0.2) is 234 Å². The minimum atomic E-state index is -5.68. The molecule has 6 rings (SSSR count). The zero-order valence-corrected chi connectivity index (χ0v) is 57.9. The molecule has 0 spiro atoms. The number of nitrogens with one attached hydrogen (secondary N) is 6. The first-order valence-electron chi connectivity index (χ1n) is 32.4. The summed E-state index contributed by atoms with van der Waals surface area (Å²) in [6.45, 7) is 12.6. The van der Waals surface area contributed by atoms with Crippen LogP contribution in [0.3, 0.4) is 0 Å². The number of esters is 1. The van der Waals surface area contributed by atoms with Gasteiger partial charge in [-0.2, -0.15) is 17.2 Å². The summed E-state index contributed by atoms with van der Waals surface area (Å²) in [6, 6.07) is 6.02. The van der Waals surface area contributed by atoms with E-state index in [0.29, 0.717) is 87.1 Å². The van der Waals surface area contributed by atoms with Gasteiger partial charge in [0.1, 0.15) is 40.5 Å². The standard InChI is InChI=1S/C64H86F4N14O19S/c1-6-73-45(33-39(3)69)60(86)77-62-75-43-35-41(58(71)84)37-47(92-5)54(43)81(62)13-8-9-14-82-55-44(76-63(82)78-61(87)46(74-7-2)34-40(4)70)36-42(59(72)85)38-48(55)99-19-10-12-79-15-17-80(18-16-79)64(88)100-32-31-98-30-29-97-28-27-96-26-25-95-24-23-94-22-21-93-20-11-49(83)101-56-50(65)52(67)57(102(89,90)91)53(68)51(56)66/h33-38,69-70,73-74H,6-32H2,1-5H3,(H2,71,84)(H2,72,85)(H,75,77,86)(H,76,78,87)(H,89,90,91)/b45-33-,46-34-,69-39?,70-40?. The van der Waals surface area contributed by atoms with Crippen LogP contribution in [-0.2, 0) is 70.7 Å². The molecule has 2 aromatic heterocycles. The van der Waals surface area contributed by atoms with Gasteiger partial charge in [0.2, 0.25) is 41.1 Å². The Kier molecular flexibility index (Phi) is 32.7. The Balaban J connectivity index is 0.895. The Hall–Kier alpha value is -9.41. The molecule has 1 fully saturated rings. The quantitative estimate of drug-likeness (QED) is 0.00380. The van der Waals surface area contributed by atoms with Crippen molar-refractivity contribution >= 4 is 91.2 Å². The van der Waals surface area contributed by atoms with E-state index in [-0.39, 0.29) is 163 Å². The number of nitrogens with zero attached hydrogens (tertiary/aromatic N) is 6. The summed E-state index contributed by atoms with van der Waals surface area (Å²) < 4.78 is 145. The molecular weight excluding hydrogens is 1380 g/mol. The highest BCUT2D eigenvalue weighted by Crippen LogP contribution is 2.35. The maximum absolute atomic E-state index is 14.1. The zero-order chi connectivity index (χ0) is 74.5. The van der Waals surface area contributed by atoms with Crippen molar-refractivity contribution in [2.75, 3.05) is 156 Å². The highest BCUT2D eigenvalue weighted by atomic mass is 32.2. The van der Waals surface area contributed by atoms with Gasteiger partial charge in [0.05, 0.1) is 110 Å². The fourth-order valence-corrected chi connectivity index (χ4v) is 10.7. The molecule has 0 atom stereocenters. The number of primary amides is 2. The number of carbonyl (C=O) groups is 6. The van der Waals surface area contributed by atoms with Crippen molar-refractivity contribution in [3.05, 3.63) is 82.2 Å². The molecule has 0 radical (unpaired) electrons. The molecule has 560 valence electrons. The number of fused-ring (bicyclic) bond motifs is 2. The molecule has 5 aromatic rings. The maximum atomic E-state index is 14.1. The molecule has 102 heavy (non-hydrogen) atoms. The lowest BCUT2D eigenvalue weighted by Crippen LogP contribution is -2.49. The summed E-state index contributed by atoms with van der Waals surface area (Å²) in [5.74, 6) is -14.6. The average Bonchev–Trinajstić information content (AvgIpc) is 1.68. The second-order valence-corrected chi connectivity index (χ2v) is 23.7. The van der Waals surface area contributed by atoms with Crippen molar-refractivity contribution in [1.82, 2.24) is 39.5 Å². The lowest BCUT2D eigenvalue weighted by Gasteiger charge is -2.34. The first-order valence-corrected chi connectivity index (χ1v) is 33.9. The Morgan fingerprint density at radius 1 is 0.588 bits per heavy atom. The second kappa shape index (κ2) is 40.9. The predicted molar refractivity (Wildman–Crippen MR) is 361 cm³/mol. The van der Waals surface area contributed by atoms with Crippen LogP contribution in [0.2, 0.25) is 0 Å². The molecule has 1 saturated heterocycles. The van der Waals surface area contributed by atoms with Crippen molar-refractivity contribution in [3.8, 4) is 17.2 Å². The van der Waals surface area contributed by atoms with Gasteiger partial charge in [0.15, 0.2) is 16.5 Å². The molecule has 1 aliphatic heterocycles. The molecule has 0 aliphatic carbocycles. The minimum Gasteiger partial charge on any atom is -0.494 e. The molecule has 3 heterocycles. The van der Waals surface area contributed by atoms with Crippen LogP contribution in [0.25, 0.3) is 22.1 Å². The number of hydrogen-bond acceptors (Lipinski definition) is 25. The molecule has 33 nitrogen and oxygen atoms in total. The summed E-state index contributed by atoms with van der Waals surface area (Å²) in [7, 11) is -4.25. The lowest BCUT2D eigenvalue weighted by molar-refractivity contribution is -0.136. The molecule has 1 aliphatic rings. The van der Waals surface area contributed by atoms with Gasteiger partial charge < -0.3 is 94.3 Å². The number of ether oxygens (including phenoxy) is 10. The van der Waals surface area contributed by atoms with Crippen LogP contribution in [0.1, 0.15) is 74.1 Å². The van der Waals surface area contributed by atoms with Crippen molar-refractivity contribution in [1.29, 1.82) is 10.8 Å². The maximum Gasteiger partial charge on any atom is 0.409 e. The topological polar surface area (TPSA) is 439 Å². The first-order chi connectivity index (χ1) is 48.8. The van der Waals surface area contributed by atoms with Crippen LogP contribution >= 0.6 is 0 Å². The van der Waals surface area contributed by atoms with Gasteiger partial charge in [-0.3, -0.25) is 44.1 Å². The number of aromatic nitrogens is 4. The molecule has 11 N–H and O–H groups in total. The van der Waals surface area contributed by atoms with Gasteiger partial charge in [-0.1, -0.05) is 0 Å². The molecule has 0 unspecified atom stereocenters. The van der Waals surface area contributed by atoms with Crippen LogP contribution in [0.4, 0.5) is 34.3 Å². The van der Waals surface area contributed by atoms with E-state index in [9.17, 15) is 54.7 Å². The van der Waals surface area contributed by atoms with E-state index >= 15 is 0 Å². The fourth-order valence-electron chi connectivity index (χ4n) is 10.1. The molecule has 0 saturated carbocycles. The van der Waals surface area contributed by atoms with E-state index in [0.717, 1.165) is 0 Å². The number of carbonyl (C=O) groups excluding carboxylic acids is 6. The lowest BCUT2D eigenvalue weighted by atomic mass is 10.1. The van der Waals surface area contributed by atoms with Crippen molar-refractivity contribution in [3.63, 3.8) is 0 Å². The molecule has 3 aromatic carbocycles. The number of hydrogen-bond donors (Lipinski definition) is 9. The van der Waals surface area contributed by atoms with Gasteiger partial charge in [0, 0.05) is 81.5 Å². The predicted octanol–water partition coefficient (Wildman–Crippen LogP) is 4.44. The summed E-state index contributed by atoms with van der Waals surface area (Å²) in [5.41, 5.74) is 13.8. The highest BCUT2D eigenvalue weighted by Gasteiger charge is 2.34. The van der Waals surface area contributed by atoms with E-state index < -0.39 is 86.1 Å². The number of nitrogens with two attached hydrogens (primary N) is 2. The monoisotopic (exact) mass is 1460 g/mol. The SMILES string of the molecule is CCN/C(=C\C(C)=N)C(=O)Nc1nc2cc(C(N)=O)cc(OC)c2n1CCCCn1c(NC(=O)/C(=C/C(C)=N)NCC)nc2cc(C(N)=O)cc(OCCCN3CCN(C(=O)OCCOCCOCCOCCOCCOCCOCCC(=O)Oc4c(F)c(F)c(S(=O)(=O)O)c(F)c4F)CC3)c21. The van der Waals surface area contributed by atoms with Gasteiger partial charge in [-0.05, 0) is 83.4 Å². The molecular formula is C64H86F4N14O19S. The number of anilines is 2. The van der Waals surface area contributed by atoms with Gasteiger partial charge >= 0.3 is 22.2 Å². The van der Waals surface area contributed by atoms with Gasteiger partial charge in [0.25, 0.3) is 11.8 Å². The Bertz CT molecular complexity index is 3930. The van der Waals surface area contributed by atoms with E-state index in [2.05, 4.69) is 35.9 Å². The molecule has 5 amide bonds. The fraction of sp³-hybridized carbons (Fsp3) is 0.500. The summed E-state index contributed by atoms with van der Waals surface area (Å²) in [4.78, 5) is 88.5. The number of unbranched alkanes of at least 4 members (excludes halogenated alkanes) is 1. The smallest absolute Gasteiger partial charge is 0.409 e. The van der Waals surface area contributed by atoms with Crippen molar-refractivity contribution in [2.45, 2.75) is 71.4 Å². The van der Waals surface area contributed by atoms with E-state index in [4.69, 9.17) is 74.5 Å². The first kappa shape index (κ1) is 81.6. The van der Waals surface area contributed by atoms with Crippen LogP contribution in [0, 0.1) is 34.1 Å². The Labute approximate surface area is 584 Å². The highest BCUT2D eigenvalue weighted by molar-refractivity contribution is 7.85. The molecule has 0 bridgehead atoms. The number of methoxy groups -OCH3 is 1. The summed E-state index contributed by atoms with van der Waals surface area (Å²) in [5, 5.41) is 27.8. The van der Waals surface area contributed by atoms with Gasteiger partial charge in [-0.15, -0.1) is 0 Å². The molecule has 38 heteroatoms. The number of imidazole rings is 2. The Morgan fingerprint density at radius 3 is 1.42 bits per heavy atom. The number of halogens is 4. The van der Waals surface area contributed by atoms with E-state index in [1.807, 2.05) is 6.92 Å². The van der Waals surface area contributed by atoms with E-state index in [1.54, 1.807) is 21.0 Å². The number of allylic oxidation sites excluding steroid dienone is 2. The van der Waals surface area contributed by atoms with Crippen LogP contribution < -0.4 is 46.9 Å². The third-order valence-corrected chi connectivity index (χ3v) is 15.6. The van der Waals surface area contributed by atoms with Crippen LogP contribution in [0.5, 0.6) is 17.2 Å². The summed E-state index contributed by atoms with van der Waals surface area (Å²) >= 11 is 0. The van der Waals surface area contributed by atoms with Crippen molar-refractivity contribution < 1.29 is 107 Å². The number of amides is 5. The second-order valence-electron chi connectivity index (χ2n) is 22.4. The normalized spacial score (nSPS) is 12.9. The Morgan fingerprint density at radius 2 is 1.01 bits per heavy atom. The van der Waals surface area contributed by atoms with E-state index in [1.165, 1.54) is 57.4 Å².